The summed E-state index contributed by atoms with van der Waals surface area (Å²) in [4.78, 5) is 14.1. The van der Waals surface area contributed by atoms with E-state index in [1.807, 2.05) is 80.6 Å². The highest BCUT2D eigenvalue weighted by Crippen LogP contribution is 2.20. The molecule has 1 N–H and O–H groups in total. The molecule has 0 unspecified atom stereocenters. The summed E-state index contributed by atoms with van der Waals surface area (Å²) < 4.78 is 5.45. The van der Waals surface area contributed by atoms with E-state index in [1.54, 1.807) is 4.90 Å². The Morgan fingerprint density at radius 2 is 1.79 bits per heavy atom. The molecule has 2 rings (SSSR count). The highest BCUT2D eigenvalue weighted by molar-refractivity contribution is 5.92. The number of carbonyl (C=O) groups is 1. The highest BCUT2D eigenvalue weighted by Gasteiger charge is 2.13. The van der Waals surface area contributed by atoms with Gasteiger partial charge in [0, 0.05) is 18.8 Å². The van der Waals surface area contributed by atoms with Crippen molar-refractivity contribution >= 4 is 17.8 Å². The molecule has 126 valence electrons. The molecular weight excluding hydrogens is 300 g/mol. The van der Waals surface area contributed by atoms with Crippen LogP contribution in [0.2, 0.25) is 0 Å². The number of hydrogen-bond acceptors (Lipinski definition) is 2. The molecule has 0 fully saturated rings. The van der Waals surface area contributed by atoms with Crippen LogP contribution < -0.4 is 15.0 Å². The van der Waals surface area contributed by atoms with Crippen LogP contribution >= 0.6 is 0 Å². The lowest BCUT2D eigenvalue weighted by Crippen LogP contribution is -2.40. The van der Waals surface area contributed by atoms with Crippen molar-refractivity contribution < 1.29 is 9.53 Å². The minimum atomic E-state index is -0.112. The number of nitrogens with zero attached hydrogens (tertiary/aromatic N) is 1. The van der Waals surface area contributed by atoms with Gasteiger partial charge in [0.1, 0.15) is 5.75 Å². The molecular formula is C20H24N2O2. The number of urea groups is 1. The van der Waals surface area contributed by atoms with E-state index in [9.17, 15) is 4.79 Å². The van der Waals surface area contributed by atoms with Gasteiger partial charge in [0.25, 0.3) is 0 Å². The summed E-state index contributed by atoms with van der Waals surface area (Å²) in [7, 11) is 0. The Bertz CT molecular complexity index is 651. The summed E-state index contributed by atoms with van der Waals surface area (Å²) in [6, 6.07) is 17.5. The minimum absolute atomic E-state index is 0.112. The normalized spacial score (nSPS) is 10.6. The molecule has 0 aliphatic heterocycles. The molecule has 2 aromatic rings. The van der Waals surface area contributed by atoms with Crippen molar-refractivity contribution in [1.29, 1.82) is 0 Å². The van der Waals surface area contributed by atoms with E-state index in [1.165, 1.54) is 0 Å². The third-order valence-electron chi connectivity index (χ3n) is 3.43. The van der Waals surface area contributed by atoms with Gasteiger partial charge < -0.3 is 10.1 Å². The molecule has 0 aromatic heterocycles. The Hall–Kier alpha value is -2.75. The first-order chi connectivity index (χ1) is 11.7. The molecule has 0 spiro atoms. The zero-order valence-corrected chi connectivity index (χ0v) is 14.2. The van der Waals surface area contributed by atoms with Crippen LogP contribution in [0.4, 0.5) is 10.5 Å². The second kappa shape index (κ2) is 9.40. The number of carbonyl (C=O) groups excluding carboxylic acids is 1. The smallest absolute Gasteiger partial charge is 0.322 e. The number of anilines is 1. The summed E-state index contributed by atoms with van der Waals surface area (Å²) in [5.74, 6) is 0.803. The van der Waals surface area contributed by atoms with Crippen LogP contribution in [0.15, 0.2) is 60.7 Å². The lowest BCUT2D eigenvalue weighted by Gasteiger charge is -2.21. The largest absolute Gasteiger partial charge is 0.494 e. The molecule has 0 saturated heterocycles. The molecule has 2 aromatic carbocycles. The summed E-state index contributed by atoms with van der Waals surface area (Å²) in [5, 5.41) is 2.85. The van der Waals surface area contributed by atoms with Crippen LogP contribution in [-0.4, -0.2) is 25.7 Å². The first-order valence-corrected chi connectivity index (χ1v) is 8.24. The molecule has 4 heteroatoms. The van der Waals surface area contributed by atoms with Crippen molar-refractivity contribution in [2.24, 2.45) is 0 Å². The third kappa shape index (κ3) is 5.16. The summed E-state index contributed by atoms with van der Waals surface area (Å²) in [6.45, 7) is 5.57. The van der Waals surface area contributed by atoms with Crippen LogP contribution in [-0.2, 0) is 0 Å². The van der Waals surface area contributed by atoms with Gasteiger partial charge in [-0.1, -0.05) is 42.5 Å². The Balaban J connectivity index is 2.12. The van der Waals surface area contributed by atoms with Gasteiger partial charge in [-0.3, -0.25) is 4.90 Å². The zero-order chi connectivity index (χ0) is 17.2. The number of benzene rings is 2. The van der Waals surface area contributed by atoms with Gasteiger partial charge >= 0.3 is 6.03 Å². The van der Waals surface area contributed by atoms with E-state index in [2.05, 4.69) is 5.32 Å². The van der Waals surface area contributed by atoms with E-state index in [-0.39, 0.29) is 6.03 Å². The summed E-state index contributed by atoms with van der Waals surface area (Å²) in [6.07, 6.45) is 4.00. The zero-order valence-electron chi connectivity index (χ0n) is 14.2. The lowest BCUT2D eigenvalue weighted by atomic mass is 10.2. The standard InChI is InChI=1S/C20H24N2O2/c1-3-21-20(23)22(16-8-11-17-9-6-5-7-10-17)18-12-14-19(15-13-18)24-4-2/h5-15H,3-4,16H2,1-2H3,(H,21,23)/b11-8+. The van der Waals surface area contributed by atoms with Gasteiger partial charge in [-0.15, -0.1) is 0 Å². The lowest BCUT2D eigenvalue weighted by molar-refractivity contribution is 0.247. The molecule has 0 radical (unpaired) electrons. The third-order valence-corrected chi connectivity index (χ3v) is 3.43. The molecule has 0 aliphatic rings. The fraction of sp³-hybridized carbons (Fsp3) is 0.250. The van der Waals surface area contributed by atoms with Gasteiger partial charge in [0.2, 0.25) is 0 Å². The topological polar surface area (TPSA) is 41.6 Å². The Labute approximate surface area is 143 Å². The van der Waals surface area contributed by atoms with Crippen molar-refractivity contribution in [2.45, 2.75) is 13.8 Å². The predicted molar refractivity (Wildman–Crippen MR) is 99.5 cm³/mol. The van der Waals surface area contributed by atoms with Crippen molar-refractivity contribution in [3.63, 3.8) is 0 Å². The van der Waals surface area contributed by atoms with E-state index in [0.29, 0.717) is 19.7 Å². The quantitative estimate of drug-likeness (QED) is 0.823. The number of rotatable bonds is 7. The van der Waals surface area contributed by atoms with Crippen LogP contribution in [0.3, 0.4) is 0 Å². The van der Waals surface area contributed by atoms with E-state index >= 15 is 0 Å². The first kappa shape index (κ1) is 17.6. The predicted octanol–water partition coefficient (Wildman–Crippen LogP) is 4.33. The van der Waals surface area contributed by atoms with E-state index in [4.69, 9.17) is 4.74 Å². The van der Waals surface area contributed by atoms with Crippen LogP contribution in [0.5, 0.6) is 5.75 Å². The molecule has 0 bridgehead atoms. The Morgan fingerprint density at radius 3 is 2.42 bits per heavy atom. The Kier molecular flexibility index (Phi) is 6.90. The second-order valence-corrected chi connectivity index (χ2v) is 5.19. The fourth-order valence-electron chi connectivity index (χ4n) is 2.30. The Morgan fingerprint density at radius 1 is 1.08 bits per heavy atom. The highest BCUT2D eigenvalue weighted by atomic mass is 16.5. The first-order valence-electron chi connectivity index (χ1n) is 8.24. The maximum Gasteiger partial charge on any atom is 0.322 e. The van der Waals surface area contributed by atoms with Crippen molar-refractivity contribution in [2.75, 3.05) is 24.6 Å². The second-order valence-electron chi connectivity index (χ2n) is 5.19. The van der Waals surface area contributed by atoms with Gasteiger partial charge in [-0.25, -0.2) is 4.79 Å². The number of amides is 2. The van der Waals surface area contributed by atoms with Crippen molar-refractivity contribution in [1.82, 2.24) is 5.32 Å². The molecule has 0 saturated carbocycles. The van der Waals surface area contributed by atoms with E-state index in [0.717, 1.165) is 17.0 Å². The van der Waals surface area contributed by atoms with E-state index < -0.39 is 0 Å². The average molecular weight is 324 g/mol. The van der Waals surface area contributed by atoms with Crippen molar-refractivity contribution in [3.05, 3.63) is 66.2 Å². The maximum absolute atomic E-state index is 12.3. The molecule has 0 heterocycles. The molecule has 24 heavy (non-hydrogen) atoms. The van der Waals surface area contributed by atoms with Crippen LogP contribution in [0, 0.1) is 0 Å². The van der Waals surface area contributed by atoms with Gasteiger partial charge in [-0.05, 0) is 43.7 Å². The van der Waals surface area contributed by atoms with Gasteiger partial charge in [0.05, 0.1) is 6.61 Å². The molecule has 4 nitrogen and oxygen atoms in total. The van der Waals surface area contributed by atoms with Gasteiger partial charge in [0.15, 0.2) is 0 Å². The molecule has 0 aliphatic carbocycles. The number of hydrogen-bond donors (Lipinski definition) is 1. The van der Waals surface area contributed by atoms with Crippen LogP contribution in [0.25, 0.3) is 6.08 Å². The fourth-order valence-corrected chi connectivity index (χ4v) is 2.30. The minimum Gasteiger partial charge on any atom is -0.494 e. The summed E-state index contributed by atoms with van der Waals surface area (Å²) in [5.41, 5.74) is 1.95. The molecule has 2 amide bonds. The molecule has 0 atom stereocenters. The monoisotopic (exact) mass is 324 g/mol. The SMILES string of the molecule is CCNC(=O)N(C/C=C/c1ccccc1)c1ccc(OCC)cc1. The maximum atomic E-state index is 12.3. The van der Waals surface area contributed by atoms with Gasteiger partial charge in [-0.2, -0.15) is 0 Å². The van der Waals surface area contributed by atoms with Crippen molar-refractivity contribution in [3.8, 4) is 5.75 Å². The van der Waals surface area contributed by atoms with Crippen LogP contribution in [0.1, 0.15) is 19.4 Å². The number of ether oxygens (including phenoxy) is 1. The average Bonchev–Trinajstić information content (AvgIpc) is 2.61. The summed E-state index contributed by atoms with van der Waals surface area (Å²) >= 11 is 0. The number of nitrogens with one attached hydrogen (secondary N) is 1.